The molecule has 5 heteroatoms. The molecule has 0 saturated heterocycles. The first-order valence-corrected chi connectivity index (χ1v) is 7.65. The number of hydrogen-bond donors (Lipinski definition) is 0. The van der Waals surface area contributed by atoms with Gasteiger partial charge < -0.3 is 9.47 Å². The number of ether oxygens (including phenoxy) is 2. The molecule has 0 saturated carbocycles. The quantitative estimate of drug-likeness (QED) is 0.437. The van der Waals surface area contributed by atoms with Gasteiger partial charge in [0.1, 0.15) is 12.4 Å². The summed E-state index contributed by atoms with van der Waals surface area (Å²) >= 11 is 3.30. The average molecular weight is 375 g/mol. The Balaban J connectivity index is 2.21. The van der Waals surface area contributed by atoms with Gasteiger partial charge in [-0.25, -0.2) is 4.79 Å². The van der Waals surface area contributed by atoms with Gasteiger partial charge >= 0.3 is 5.97 Å². The fourth-order valence-electron chi connectivity index (χ4n) is 1.94. The SMILES string of the molecule is COC(=O)C(=Cc1ccccc1)COc1ccc(Br)cc1C=O. The van der Waals surface area contributed by atoms with Crippen molar-refractivity contribution in [2.45, 2.75) is 0 Å². The lowest BCUT2D eigenvalue weighted by molar-refractivity contribution is -0.136. The highest BCUT2D eigenvalue weighted by molar-refractivity contribution is 9.10. The van der Waals surface area contributed by atoms with Crippen LogP contribution in [0.15, 0.2) is 58.6 Å². The van der Waals surface area contributed by atoms with E-state index in [4.69, 9.17) is 9.47 Å². The molecule has 4 nitrogen and oxygen atoms in total. The summed E-state index contributed by atoms with van der Waals surface area (Å²) in [6.45, 7) is 0.00401. The van der Waals surface area contributed by atoms with Crippen LogP contribution >= 0.6 is 15.9 Å². The molecule has 0 fully saturated rings. The van der Waals surface area contributed by atoms with Crippen molar-refractivity contribution in [3.05, 3.63) is 69.7 Å². The van der Waals surface area contributed by atoms with Crippen LogP contribution in [0.4, 0.5) is 0 Å². The Morgan fingerprint density at radius 3 is 2.57 bits per heavy atom. The number of esters is 1. The van der Waals surface area contributed by atoms with Crippen LogP contribution in [-0.4, -0.2) is 26.0 Å². The third kappa shape index (κ3) is 4.79. The minimum Gasteiger partial charge on any atom is -0.488 e. The number of methoxy groups -OCH3 is 1. The van der Waals surface area contributed by atoms with E-state index in [2.05, 4.69) is 15.9 Å². The maximum Gasteiger partial charge on any atom is 0.337 e. The van der Waals surface area contributed by atoms with Crippen molar-refractivity contribution in [3.8, 4) is 5.75 Å². The number of carbonyl (C=O) groups excluding carboxylic acids is 2. The summed E-state index contributed by atoms with van der Waals surface area (Å²) in [5.41, 5.74) is 1.63. The molecule has 0 unspecified atom stereocenters. The van der Waals surface area contributed by atoms with Gasteiger partial charge in [-0.3, -0.25) is 4.79 Å². The maximum atomic E-state index is 11.9. The number of aldehydes is 1. The second-order valence-corrected chi connectivity index (χ2v) is 5.58. The Morgan fingerprint density at radius 1 is 1.17 bits per heavy atom. The highest BCUT2D eigenvalue weighted by atomic mass is 79.9. The van der Waals surface area contributed by atoms with Gasteiger partial charge in [-0.1, -0.05) is 46.3 Å². The zero-order valence-corrected chi connectivity index (χ0v) is 14.1. The summed E-state index contributed by atoms with van der Waals surface area (Å²) in [4.78, 5) is 23.0. The molecular weight excluding hydrogens is 360 g/mol. The Bertz CT molecular complexity index is 723. The predicted octanol–water partition coefficient (Wildman–Crippen LogP) is 3.90. The van der Waals surface area contributed by atoms with Crippen molar-refractivity contribution >= 4 is 34.3 Å². The second kappa shape index (κ2) is 8.29. The third-order valence-electron chi connectivity index (χ3n) is 3.07. The van der Waals surface area contributed by atoms with E-state index in [-0.39, 0.29) is 6.61 Å². The van der Waals surface area contributed by atoms with E-state index < -0.39 is 5.97 Å². The summed E-state index contributed by atoms with van der Waals surface area (Å²) < 4.78 is 11.2. The third-order valence-corrected chi connectivity index (χ3v) is 3.56. The van der Waals surface area contributed by atoms with E-state index >= 15 is 0 Å². The zero-order valence-electron chi connectivity index (χ0n) is 12.5. The fraction of sp³-hybridized carbons (Fsp3) is 0.111. The molecular formula is C18H15BrO4. The van der Waals surface area contributed by atoms with Crippen molar-refractivity contribution < 1.29 is 19.1 Å². The smallest absolute Gasteiger partial charge is 0.337 e. The lowest BCUT2D eigenvalue weighted by atomic mass is 10.1. The molecule has 0 atom stereocenters. The predicted molar refractivity (Wildman–Crippen MR) is 91.5 cm³/mol. The minimum absolute atomic E-state index is 0.00401. The Hall–Kier alpha value is -2.40. The molecule has 2 aromatic rings. The van der Waals surface area contributed by atoms with E-state index in [0.717, 1.165) is 10.0 Å². The van der Waals surface area contributed by atoms with Gasteiger partial charge in [0.05, 0.1) is 18.2 Å². The average Bonchev–Trinajstić information content (AvgIpc) is 2.59. The van der Waals surface area contributed by atoms with Crippen LogP contribution in [0, 0.1) is 0 Å². The van der Waals surface area contributed by atoms with Crippen LogP contribution in [-0.2, 0) is 9.53 Å². The Kier molecular flexibility index (Phi) is 6.11. The zero-order chi connectivity index (χ0) is 16.7. The van der Waals surface area contributed by atoms with Crippen LogP contribution in [0.2, 0.25) is 0 Å². The molecule has 0 aromatic heterocycles. The summed E-state index contributed by atoms with van der Waals surface area (Å²) in [7, 11) is 1.32. The minimum atomic E-state index is -0.474. The van der Waals surface area contributed by atoms with Gasteiger partial charge in [0.25, 0.3) is 0 Å². The maximum absolute atomic E-state index is 11.9. The van der Waals surface area contributed by atoms with Crippen LogP contribution in [0.1, 0.15) is 15.9 Å². The van der Waals surface area contributed by atoms with E-state index in [1.807, 2.05) is 30.3 Å². The lowest BCUT2D eigenvalue weighted by Crippen LogP contribution is -2.13. The van der Waals surface area contributed by atoms with Crippen molar-refractivity contribution in [2.75, 3.05) is 13.7 Å². The first-order valence-electron chi connectivity index (χ1n) is 6.85. The second-order valence-electron chi connectivity index (χ2n) is 4.66. The van der Waals surface area contributed by atoms with Crippen LogP contribution in [0.3, 0.4) is 0 Å². The molecule has 0 amide bonds. The van der Waals surface area contributed by atoms with Gasteiger partial charge in [0.2, 0.25) is 0 Å². The molecule has 0 bridgehead atoms. The molecule has 0 N–H and O–H groups in total. The normalized spacial score (nSPS) is 11.0. The number of carbonyl (C=O) groups is 2. The Labute approximate surface area is 142 Å². The number of hydrogen-bond acceptors (Lipinski definition) is 4. The summed E-state index contributed by atoms with van der Waals surface area (Å²) in [5, 5.41) is 0. The molecule has 0 radical (unpaired) electrons. The van der Waals surface area contributed by atoms with Gasteiger partial charge in [0, 0.05) is 4.47 Å². The Morgan fingerprint density at radius 2 is 1.91 bits per heavy atom. The fourth-order valence-corrected chi connectivity index (χ4v) is 2.32. The standard InChI is InChI=1S/C18H15BrO4/c1-22-18(21)15(9-13-5-3-2-4-6-13)12-23-17-8-7-16(19)10-14(17)11-20/h2-11H,12H2,1H3. The number of benzene rings is 2. The summed E-state index contributed by atoms with van der Waals surface area (Å²) in [6, 6.07) is 14.5. The molecule has 0 aliphatic heterocycles. The molecule has 23 heavy (non-hydrogen) atoms. The topological polar surface area (TPSA) is 52.6 Å². The molecule has 0 spiro atoms. The van der Waals surface area contributed by atoms with Crippen molar-refractivity contribution in [1.29, 1.82) is 0 Å². The van der Waals surface area contributed by atoms with Gasteiger partial charge in [-0.2, -0.15) is 0 Å². The lowest BCUT2D eigenvalue weighted by Gasteiger charge is -2.10. The van der Waals surface area contributed by atoms with Crippen LogP contribution in [0.25, 0.3) is 6.08 Å². The van der Waals surface area contributed by atoms with Crippen molar-refractivity contribution in [3.63, 3.8) is 0 Å². The van der Waals surface area contributed by atoms with Crippen molar-refractivity contribution in [1.82, 2.24) is 0 Å². The molecule has 0 aliphatic carbocycles. The number of halogens is 1. The molecule has 2 rings (SSSR count). The highest BCUT2D eigenvalue weighted by Crippen LogP contribution is 2.22. The van der Waals surface area contributed by atoms with Gasteiger partial charge in [0.15, 0.2) is 6.29 Å². The van der Waals surface area contributed by atoms with Crippen molar-refractivity contribution in [2.24, 2.45) is 0 Å². The first kappa shape index (κ1) is 17.0. The van der Waals surface area contributed by atoms with Crippen LogP contribution in [0.5, 0.6) is 5.75 Å². The summed E-state index contributed by atoms with van der Waals surface area (Å²) in [5.74, 6) is -0.0651. The van der Waals surface area contributed by atoms with E-state index in [9.17, 15) is 9.59 Å². The molecule has 2 aromatic carbocycles. The molecule has 118 valence electrons. The summed E-state index contributed by atoms with van der Waals surface area (Å²) in [6.07, 6.45) is 2.41. The molecule has 0 aliphatic rings. The van der Waals surface area contributed by atoms with E-state index in [0.29, 0.717) is 23.2 Å². The highest BCUT2D eigenvalue weighted by Gasteiger charge is 2.12. The van der Waals surface area contributed by atoms with Crippen LogP contribution < -0.4 is 4.74 Å². The monoisotopic (exact) mass is 374 g/mol. The molecule has 0 heterocycles. The largest absolute Gasteiger partial charge is 0.488 e. The van der Waals surface area contributed by atoms with Gasteiger partial charge in [-0.15, -0.1) is 0 Å². The van der Waals surface area contributed by atoms with Gasteiger partial charge in [-0.05, 0) is 29.8 Å². The first-order chi connectivity index (χ1) is 11.1. The number of rotatable bonds is 6. The van der Waals surface area contributed by atoms with E-state index in [1.165, 1.54) is 7.11 Å². The van der Waals surface area contributed by atoms with E-state index in [1.54, 1.807) is 24.3 Å².